The minimum atomic E-state index is -3.48. The summed E-state index contributed by atoms with van der Waals surface area (Å²) >= 11 is 0. The van der Waals surface area contributed by atoms with E-state index in [4.69, 9.17) is 4.74 Å². The molecule has 0 radical (unpaired) electrons. The fraction of sp³-hybridized carbons (Fsp3) is 0.647. The van der Waals surface area contributed by atoms with Crippen LogP contribution in [0, 0.1) is 34.6 Å². The van der Waals surface area contributed by atoms with Crippen LogP contribution >= 0.6 is 0 Å². The second-order valence-corrected chi connectivity index (χ2v) is 8.15. The highest BCUT2D eigenvalue weighted by Gasteiger charge is 2.37. The molecule has 1 atom stereocenters. The molecule has 0 saturated carbocycles. The summed E-state index contributed by atoms with van der Waals surface area (Å²) < 4.78 is 33.3. The first kappa shape index (κ1) is 17.4. The third kappa shape index (κ3) is 2.70. The molecule has 124 valence electrons. The number of ether oxygens (including phenoxy) is 1. The van der Waals surface area contributed by atoms with Gasteiger partial charge in [-0.25, -0.2) is 8.42 Å². The molecule has 1 saturated heterocycles. The summed E-state index contributed by atoms with van der Waals surface area (Å²) in [5, 5.41) is 0. The van der Waals surface area contributed by atoms with E-state index in [2.05, 4.69) is 6.92 Å². The van der Waals surface area contributed by atoms with Gasteiger partial charge in [-0.15, -0.1) is 0 Å². The fourth-order valence-electron chi connectivity index (χ4n) is 3.45. The molecule has 0 aromatic heterocycles. The molecule has 22 heavy (non-hydrogen) atoms. The lowest BCUT2D eigenvalue weighted by Gasteiger charge is -2.27. The summed E-state index contributed by atoms with van der Waals surface area (Å²) in [5.41, 5.74) is 5.09. The van der Waals surface area contributed by atoms with Crippen LogP contribution in [0.25, 0.3) is 0 Å². The number of nitrogens with zero attached hydrogens (tertiary/aromatic N) is 1. The Hall–Kier alpha value is -0.910. The van der Waals surface area contributed by atoms with Gasteiger partial charge in [0.1, 0.15) is 0 Å². The predicted molar refractivity (Wildman–Crippen MR) is 88.9 cm³/mol. The van der Waals surface area contributed by atoms with Crippen LogP contribution in [0.4, 0.5) is 0 Å². The molecule has 1 aliphatic rings. The van der Waals surface area contributed by atoms with Crippen LogP contribution in [0.5, 0.6) is 0 Å². The van der Waals surface area contributed by atoms with Crippen molar-refractivity contribution in [3.8, 4) is 0 Å². The van der Waals surface area contributed by atoms with Crippen molar-refractivity contribution in [2.75, 3.05) is 20.3 Å². The summed E-state index contributed by atoms with van der Waals surface area (Å²) in [6, 6.07) is -0.0456. The molecule has 1 aliphatic heterocycles. The summed E-state index contributed by atoms with van der Waals surface area (Å²) in [6.45, 7) is 11.0. The molecule has 4 nitrogen and oxygen atoms in total. The maximum atomic E-state index is 13.2. The summed E-state index contributed by atoms with van der Waals surface area (Å²) in [5.74, 6) is 0. The van der Waals surface area contributed by atoms with Gasteiger partial charge in [0, 0.05) is 19.7 Å². The highest BCUT2D eigenvalue weighted by molar-refractivity contribution is 7.89. The molecule has 2 rings (SSSR count). The SMILES string of the molecule is COCC1CCCN1S(=O)(=O)c1c(C)c(C)c(C)c(C)c1C. The van der Waals surface area contributed by atoms with Gasteiger partial charge < -0.3 is 4.74 Å². The Morgan fingerprint density at radius 2 is 1.50 bits per heavy atom. The molecule has 0 N–H and O–H groups in total. The van der Waals surface area contributed by atoms with Gasteiger partial charge in [0.15, 0.2) is 0 Å². The van der Waals surface area contributed by atoms with Crippen LogP contribution in [0.1, 0.15) is 40.7 Å². The van der Waals surface area contributed by atoms with Crippen LogP contribution in [0.15, 0.2) is 4.90 Å². The van der Waals surface area contributed by atoms with Crippen molar-refractivity contribution in [2.45, 2.75) is 58.4 Å². The first-order valence-electron chi connectivity index (χ1n) is 7.81. The van der Waals surface area contributed by atoms with E-state index >= 15 is 0 Å². The van der Waals surface area contributed by atoms with E-state index < -0.39 is 10.0 Å². The lowest BCUT2D eigenvalue weighted by Crippen LogP contribution is -2.38. The van der Waals surface area contributed by atoms with Crippen molar-refractivity contribution >= 4 is 10.0 Å². The largest absolute Gasteiger partial charge is 0.383 e. The number of hydrogen-bond acceptors (Lipinski definition) is 3. The Labute approximate surface area is 134 Å². The molecule has 1 heterocycles. The first-order valence-corrected chi connectivity index (χ1v) is 9.25. The predicted octanol–water partition coefficient (Wildman–Crippen LogP) is 3.03. The zero-order valence-electron chi connectivity index (χ0n) is 14.5. The van der Waals surface area contributed by atoms with E-state index in [-0.39, 0.29) is 6.04 Å². The summed E-state index contributed by atoms with van der Waals surface area (Å²) in [7, 11) is -1.86. The molecule has 0 aliphatic carbocycles. The van der Waals surface area contributed by atoms with Crippen molar-refractivity contribution in [1.82, 2.24) is 4.31 Å². The van der Waals surface area contributed by atoms with Crippen LogP contribution in [-0.4, -0.2) is 39.0 Å². The van der Waals surface area contributed by atoms with Gasteiger partial charge in [0.25, 0.3) is 0 Å². The van der Waals surface area contributed by atoms with Crippen LogP contribution in [0.2, 0.25) is 0 Å². The van der Waals surface area contributed by atoms with Crippen molar-refractivity contribution in [2.24, 2.45) is 0 Å². The quantitative estimate of drug-likeness (QED) is 0.855. The summed E-state index contributed by atoms with van der Waals surface area (Å²) in [4.78, 5) is 0.496. The Kier molecular flexibility index (Phi) is 5.00. The maximum Gasteiger partial charge on any atom is 0.243 e. The van der Waals surface area contributed by atoms with Crippen molar-refractivity contribution in [3.05, 3.63) is 27.8 Å². The highest BCUT2D eigenvalue weighted by atomic mass is 32.2. The van der Waals surface area contributed by atoms with E-state index in [1.807, 2.05) is 27.7 Å². The lowest BCUT2D eigenvalue weighted by molar-refractivity contribution is 0.149. The molecule has 0 amide bonds. The zero-order chi connectivity index (χ0) is 16.7. The molecule has 5 heteroatoms. The zero-order valence-corrected chi connectivity index (χ0v) is 15.3. The van der Waals surface area contributed by atoms with Gasteiger partial charge in [-0.1, -0.05) is 0 Å². The Balaban J connectivity index is 2.60. The third-order valence-corrected chi connectivity index (χ3v) is 7.41. The average molecular weight is 325 g/mol. The van der Waals surface area contributed by atoms with Crippen molar-refractivity contribution in [1.29, 1.82) is 0 Å². The van der Waals surface area contributed by atoms with E-state index in [0.717, 1.165) is 35.1 Å². The third-order valence-electron chi connectivity index (χ3n) is 5.18. The van der Waals surface area contributed by atoms with Crippen LogP contribution in [-0.2, 0) is 14.8 Å². The maximum absolute atomic E-state index is 13.2. The van der Waals surface area contributed by atoms with Gasteiger partial charge in [0.2, 0.25) is 10.0 Å². The van der Waals surface area contributed by atoms with Crippen molar-refractivity contribution < 1.29 is 13.2 Å². The molecular weight excluding hydrogens is 298 g/mol. The van der Waals surface area contributed by atoms with E-state index in [1.165, 1.54) is 5.56 Å². The first-order chi connectivity index (χ1) is 10.2. The molecule has 0 spiro atoms. The monoisotopic (exact) mass is 325 g/mol. The van der Waals surface area contributed by atoms with Crippen LogP contribution < -0.4 is 0 Å². The minimum absolute atomic E-state index is 0.0456. The molecule has 1 fully saturated rings. The lowest BCUT2D eigenvalue weighted by atomic mass is 9.95. The number of benzene rings is 1. The number of rotatable bonds is 4. The van der Waals surface area contributed by atoms with E-state index in [1.54, 1.807) is 11.4 Å². The number of hydrogen-bond donors (Lipinski definition) is 0. The van der Waals surface area contributed by atoms with Gasteiger partial charge >= 0.3 is 0 Å². The number of methoxy groups -OCH3 is 1. The highest BCUT2D eigenvalue weighted by Crippen LogP contribution is 2.34. The molecule has 1 aromatic rings. The Morgan fingerprint density at radius 3 is 2.00 bits per heavy atom. The molecule has 1 aromatic carbocycles. The van der Waals surface area contributed by atoms with Crippen molar-refractivity contribution in [3.63, 3.8) is 0 Å². The standard InChI is InChI=1S/C17H27NO3S/c1-11-12(2)14(4)17(15(5)13(11)3)22(19,20)18-9-7-8-16(18)10-21-6/h16H,7-10H2,1-6H3. The second-order valence-electron chi connectivity index (χ2n) is 6.32. The smallest absolute Gasteiger partial charge is 0.243 e. The van der Waals surface area contributed by atoms with Gasteiger partial charge in [0.05, 0.1) is 11.5 Å². The topological polar surface area (TPSA) is 46.6 Å². The van der Waals surface area contributed by atoms with Gasteiger partial charge in [-0.2, -0.15) is 4.31 Å². The summed E-state index contributed by atoms with van der Waals surface area (Å²) in [6.07, 6.45) is 1.77. The van der Waals surface area contributed by atoms with Crippen LogP contribution in [0.3, 0.4) is 0 Å². The molecule has 1 unspecified atom stereocenters. The molecular formula is C17H27NO3S. The van der Waals surface area contributed by atoms with Gasteiger partial charge in [-0.3, -0.25) is 0 Å². The van der Waals surface area contributed by atoms with E-state index in [0.29, 0.717) is 18.0 Å². The molecule has 0 bridgehead atoms. The fourth-order valence-corrected chi connectivity index (χ4v) is 5.70. The van der Waals surface area contributed by atoms with Gasteiger partial charge in [-0.05, 0) is 75.3 Å². The number of sulfonamides is 1. The Morgan fingerprint density at radius 1 is 1.00 bits per heavy atom. The Bertz CT molecular complexity index is 651. The average Bonchev–Trinajstić information content (AvgIpc) is 2.92. The second kappa shape index (κ2) is 6.30. The normalized spacial score (nSPS) is 19.8. The van der Waals surface area contributed by atoms with E-state index in [9.17, 15) is 8.42 Å². The minimum Gasteiger partial charge on any atom is -0.383 e.